The molecule has 0 saturated carbocycles. The number of benzene rings is 1. The van der Waals surface area contributed by atoms with E-state index in [1.54, 1.807) is 12.1 Å². The molecule has 0 aliphatic heterocycles. The number of rotatable bonds is 5. The zero-order valence-corrected chi connectivity index (χ0v) is 13.2. The number of hydrogen-bond acceptors (Lipinski definition) is 4. The topological polar surface area (TPSA) is 37.8 Å². The van der Waals surface area contributed by atoms with Crippen molar-refractivity contribution in [1.82, 2.24) is 15.5 Å². The number of nitrogens with zero attached hydrogens (tertiary/aromatic N) is 2. The smallest absolute Gasteiger partial charge is 0.150 e. The van der Waals surface area contributed by atoms with Gasteiger partial charge in [-0.1, -0.05) is 41.1 Å². The van der Waals surface area contributed by atoms with Crippen LogP contribution in [0.4, 0.5) is 4.39 Å². The van der Waals surface area contributed by atoms with Crippen molar-refractivity contribution >= 4 is 27.3 Å². The van der Waals surface area contributed by atoms with E-state index in [0.29, 0.717) is 16.6 Å². The predicted molar refractivity (Wildman–Crippen MR) is 79.8 cm³/mol. The van der Waals surface area contributed by atoms with E-state index in [1.165, 1.54) is 17.4 Å². The van der Waals surface area contributed by atoms with Gasteiger partial charge in [-0.2, -0.15) is 0 Å². The monoisotopic (exact) mass is 343 g/mol. The molecule has 0 bridgehead atoms. The minimum atomic E-state index is -0.280. The van der Waals surface area contributed by atoms with Gasteiger partial charge >= 0.3 is 0 Å². The van der Waals surface area contributed by atoms with Crippen molar-refractivity contribution in [3.05, 3.63) is 33.5 Å². The third-order valence-electron chi connectivity index (χ3n) is 2.52. The maximum absolute atomic E-state index is 13.8. The molecule has 1 N–H and O–H groups in total. The van der Waals surface area contributed by atoms with Gasteiger partial charge in [0, 0.05) is 29.0 Å². The number of aromatic nitrogens is 2. The second-order valence-corrected chi connectivity index (χ2v) is 6.46. The molecule has 1 aromatic heterocycles. The molecule has 2 rings (SSSR count). The molecule has 2 aromatic rings. The summed E-state index contributed by atoms with van der Waals surface area (Å²) in [6.07, 6.45) is 0.813. The molecular formula is C13H15BrFN3S. The predicted octanol–water partition coefficient (Wildman–Crippen LogP) is 3.65. The summed E-state index contributed by atoms with van der Waals surface area (Å²) < 4.78 is 14.5. The van der Waals surface area contributed by atoms with Gasteiger partial charge in [-0.3, -0.25) is 0 Å². The molecule has 1 heterocycles. The molecule has 0 spiro atoms. The van der Waals surface area contributed by atoms with Gasteiger partial charge in [0.2, 0.25) is 0 Å². The van der Waals surface area contributed by atoms with Gasteiger partial charge in [0.15, 0.2) is 5.01 Å². The van der Waals surface area contributed by atoms with Gasteiger partial charge < -0.3 is 5.32 Å². The summed E-state index contributed by atoms with van der Waals surface area (Å²) in [7, 11) is 0. The highest BCUT2D eigenvalue weighted by atomic mass is 79.9. The fraction of sp³-hybridized carbons (Fsp3) is 0.385. The van der Waals surface area contributed by atoms with Crippen LogP contribution in [0.3, 0.4) is 0 Å². The van der Waals surface area contributed by atoms with Crippen molar-refractivity contribution in [3.63, 3.8) is 0 Å². The fourth-order valence-corrected chi connectivity index (χ4v) is 2.79. The summed E-state index contributed by atoms with van der Waals surface area (Å²) in [5.74, 6) is -0.280. The second-order valence-electron chi connectivity index (χ2n) is 4.48. The van der Waals surface area contributed by atoms with Gasteiger partial charge in [-0.25, -0.2) is 4.39 Å². The van der Waals surface area contributed by atoms with Crippen molar-refractivity contribution in [2.45, 2.75) is 26.3 Å². The first-order chi connectivity index (χ1) is 9.06. The molecule has 0 aliphatic carbocycles. The van der Waals surface area contributed by atoms with Gasteiger partial charge in [0.25, 0.3) is 0 Å². The Labute approximate surface area is 124 Å². The number of nitrogens with one attached hydrogen (secondary N) is 1. The first-order valence-electron chi connectivity index (χ1n) is 6.07. The standard InChI is InChI=1S/C13H15BrFN3S/c1-8(2)16-6-5-12-17-18-13(19-12)10-4-3-9(14)7-11(10)15/h3-4,7-8,16H,5-6H2,1-2H3. The maximum Gasteiger partial charge on any atom is 0.150 e. The molecule has 0 fully saturated rings. The molecule has 0 amide bonds. The minimum absolute atomic E-state index is 0.280. The number of hydrogen-bond donors (Lipinski definition) is 1. The molecular weight excluding hydrogens is 329 g/mol. The highest BCUT2D eigenvalue weighted by Gasteiger charge is 2.11. The van der Waals surface area contributed by atoms with Gasteiger partial charge in [0.05, 0.1) is 0 Å². The lowest BCUT2D eigenvalue weighted by atomic mass is 10.2. The van der Waals surface area contributed by atoms with E-state index >= 15 is 0 Å². The lowest BCUT2D eigenvalue weighted by Crippen LogP contribution is -2.24. The van der Waals surface area contributed by atoms with Crippen LogP contribution in [0.1, 0.15) is 18.9 Å². The molecule has 0 saturated heterocycles. The summed E-state index contributed by atoms with van der Waals surface area (Å²) in [4.78, 5) is 0. The lowest BCUT2D eigenvalue weighted by molar-refractivity contribution is 0.588. The average molecular weight is 344 g/mol. The molecule has 19 heavy (non-hydrogen) atoms. The zero-order chi connectivity index (χ0) is 13.8. The fourth-order valence-electron chi connectivity index (χ4n) is 1.59. The van der Waals surface area contributed by atoms with E-state index in [2.05, 4.69) is 45.3 Å². The molecule has 1 aromatic carbocycles. The van der Waals surface area contributed by atoms with Crippen LogP contribution < -0.4 is 5.32 Å². The summed E-state index contributed by atoms with van der Waals surface area (Å²) >= 11 is 4.68. The third-order valence-corrected chi connectivity index (χ3v) is 4.03. The lowest BCUT2D eigenvalue weighted by Gasteiger charge is -2.05. The SMILES string of the molecule is CC(C)NCCc1nnc(-c2ccc(Br)cc2F)s1. The first-order valence-corrected chi connectivity index (χ1v) is 7.68. The van der Waals surface area contributed by atoms with E-state index in [0.717, 1.165) is 22.4 Å². The molecule has 102 valence electrons. The van der Waals surface area contributed by atoms with Crippen LogP contribution in [0.25, 0.3) is 10.6 Å². The van der Waals surface area contributed by atoms with Crippen LogP contribution >= 0.6 is 27.3 Å². The average Bonchev–Trinajstić information content (AvgIpc) is 2.77. The van der Waals surface area contributed by atoms with Crippen LogP contribution in [0, 0.1) is 5.82 Å². The molecule has 0 unspecified atom stereocenters. The van der Waals surface area contributed by atoms with Gasteiger partial charge in [0.1, 0.15) is 10.8 Å². The van der Waals surface area contributed by atoms with Gasteiger partial charge in [-0.05, 0) is 18.2 Å². The largest absolute Gasteiger partial charge is 0.314 e. The summed E-state index contributed by atoms with van der Waals surface area (Å²) in [6, 6.07) is 5.42. The highest BCUT2D eigenvalue weighted by Crippen LogP contribution is 2.28. The molecule has 6 heteroatoms. The van der Waals surface area contributed by atoms with Crippen LogP contribution in [0.2, 0.25) is 0 Å². The summed E-state index contributed by atoms with van der Waals surface area (Å²) in [5, 5.41) is 13.0. The molecule has 0 atom stereocenters. The summed E-state index contributed by atoms with van der Waals surface area (Å²) in [5.41, 5.74) is 0.503. The Morgan fingerprint density at radius 3 is 2.84 bits per heavy atom. The van der Waals surface area contributed by atoms with Crippen molar-refractivity contribution in [2.75, 3.05) is 6.54 Å². The van der Waals surface area contributed by atoms with Gasteiger partial charge in [-0.15, -0.1) is 10.2 Å². The number of halogens is 2. The van der Waals surface area contributed by atoms with E-state index < -0.39 is 0 Å². The van der Waals surface area contributed by atoms with Crippen molar-refractivity contribution in [1.29, 1.82) is 0 Å². The van der Waals surface area contributed by atoms with Crippen molar-refractivity contribution in [2.24, 2.45) is 0 Å². The molecule has 0 radical (unpaired) electrons. The third kappa shape index (κ3) is 4.06. The summed E-state index contributed by atoms with van der Waals surface area (Å²) in [6.45, 7) is 5.06. The Hall–Kier alpha value is -0.850. The van der Waals surface area contributed by atoms with Crippen LogP contribution in [0.5, 0.6) is 0 Å². The van der Waals surface area contributed by atoms with Crippen LogP contribution in [-0.2, 0) is 6.42 Å². The minimum Gasteiger partial charge on any atom is -0.314 e. The van der Waals surface area contributed by atoms with E-state index in [9.17, 15) is 4.39 Å². The van der Waals surface area contributed by atoms with E-state index in [1.807, 2.05) is 0 Å². The Bertz CT molecular complexity index is 557. The molecule has 0 aliphatic rings. The van der Waals surface area contributed by atoms with E-state index in [4.69, 9.17) is 0 Å². The quantitative estimate of drug-likeness (QED) is 0.900. The Kier molecular flexibility index (Phi) is 5.01. The second kappa shape index (κ2) is 6.54. The Morgan fingerprint density at radius 2 is 2.16 bits per heavy atom. The first kappa shape index (κ1) is 14.6. The van der Waals surface area contributed by atoms with Crippen LogP contribution in [0.15, 0.2) is 22.7 Å². The molecule has 3 nitrogen and oxygen atoms in total. The highest BCUT2D eigenvalue weighted by molar-refractivity contribution is 9.10. The van der Waals surface area contributed by atoms with Crippen molar-refractivity contribution < 1.29 is 4.39 Å². The normalized spacial score (nSPS) is 11.2. The Balaban J connectivity index is 2.08. The van der Waals surface area contributed by atoms with Crippen LogP contribution in [-0.4, -0.2) is 22.8 Å². The maximum atomic E-state index is 13.8. The zero-order valence-electron chi connectivity index (χ0n) is 10.8. The van der Waals surface area contributed by atoms with E-state index in [-0.39, 0.29) is 5.82 Å². The van der Waals surface area contributed by atoms with Crippen molar-refractivity contribution in [3.8, 4) is 10.6 Å². The Morgan fingerprint density at radius 1 is 1.37 bits per heavy atom.